The van der Waals surface area contributed by atoms with E-state index in [9.17, 15) is 0 Å². The van der Waals surface area contributed by atoms with Gasteiger partial charge in [-0.2, -0.15) is 0 Å². The van der Waals surface area contributed by atoms with Crippen molar-refractivity contribution in [3.05, 3.63) is 0 Å². The fraction of sp³-hybridized carbons (Fsp3) is 1.00. The third kappa shape index (κ3) is 7.78. The Hall–Kier alpha value is -0.120. The van der Waals surface area contributed by atoms with Gasteiger partial charge in [0.05, 0.1) is 0 Å². The highest BCUT2D eigenvalue weighted by molar-refractivity contribution is 4.72. The van der Waals surface area contributed by atoms with Gasteiger partial charge in [-0.15, -0.1) is 0 Å². The molecular formula is C8H20N2O. The summed E-state index contributed by atoms with van der Waals surface area (Å²) >= 11 is 0. The number of rotatable bonds is 5. The number of hydrogen-bond donors (Lipinski definition) is 3. The molecule has 0 aromatic rings. The molecule has 3 heteroatoms. The van der Waals surface area contributed by atoms with Crippen molar-refractivity contribution in [3.8, 4) is 0 Å². The van der Waals surface area contributed by atoms with E-state index in [1.54, 1.807) is 0 Å². The summed E-state index contributed by atoms with van der Waals surface area (Å²) in [6, 6.07) is 0. The Labute approximate surface area is 69.0 Å². The number of nitrogens with two attached hydrogens (primary N) is 1. The van der Waals surface area contributed by atoms with E-state index in [0.29, 0.717) is 0 Å². The fourth-order valence-electron chi connectivity index (χ4n) is 0.705. The molecular weight excluding hydrogens is 140 g/mol. The lowest BCUT2D eigenvalue weighted by Gasteiger charge is -2.19. The van der Waals surface area contributed by atoms with Gasteiger partial charge in [-0.3, -0.25) is 5.32 Å². The average molecular weight is 160 g/mol. The summed E-state index contributed by atoms with van der Waals surface area (Å²) in [6.45, 7) is 6.67. The van der Waals surface area contributed by atoms with Crippen LogP contribution in [-0.2, 0) is 0 Å². The van der Waals surface area contributed by atoms with E-state index >= 15 is 0 Å². The summed E-state index contributed by atoms with van der Waals surface area (Å²) in [7, 11) is 0. The quantitative estimate of drug-likeness (QED) is 0.511. The van der Waals surface area contributed by atoms with Crippen molar-refractivity contribution in [1.82, 2.24) is 5.32 Å². The zero-order valence-electron chi connectivity index (χ0n) is 7.72. The third-order valence-corrected chi connectivity index (χ3v) is 1.54. The predicted molar refractivity (Wildman–Crippen MR) is 47.2 cm³/mol. The molecule has 68 valence electrons. The number of aliphatic hydroxyl groups excluding tert-OH is 1. The zero-order valence-corrected chi connectivity index (χ0v) is 7.72. The highest BCUT2D eigenvalue weighted by atomic mass is 16.3. The summed E-state index contributed by atoms with van der Waals surface area (Å²) in [5.41, 5.74) is 5.60. The largest absolute Gasteiger partial charge is 0.379 e. The molecule has 0 amide bonds. The summed E-state index contributed by atoms with van der Waals surface area (Å²) < 4.78 is 0. The zero-order chi connectivity index (χ0) is 8.91. The molecule has 0 aliphatic carbocycles. The van der Waals surface area contributed by atoms with Gasteiger partial charge in [0.25, 0.3) is 0 Å². The minimum Gasteiger partial charge on any atom is -0.379 e. The molecule has 0 aromatic carbocycles. The molecule has 1 atom stereocenters. The van der Waals surface area contributed by atoms with E-state index in [-0.39, 0.29) is 11.8 Å². The minimum atomic E-state index is -0.377. The Bertz CT molecular complexity index is 98.8. The van der Waals surface area contributed by atoms with Crippen molar-refractivity contribution in [2.45, 2.75) is 45.4 Å². The molecule has 0 rings (SSSR count). The average Bonchev–Trinajstić information content (AvgIpc) is 1.85. The van der Waals surface area contributed by atoms with Crippen molar-refractivity contribution in [2.75, 3.05) is 6.54 Å². The molecule has 0 radical (unpaired) electrons. The highest BCUT2D eigenvalue weighted by Gasteiger charge is 2.10. The van der Waals surface area contributed by atoms with Gasteiger partial charge in [0.1, 0.15) is 6.23 Å². The van der Waals surface area contributed by atoms with E-state index in [1.165, 1.54) is 0 Å². The second-order valence-electron chi connectivity index (χ2n) is 3.62. The lowest BCUT2D eigenvalue weighted by molar-refractivity contribution is 0.131. The van der Waals surface area contributed by atoms with Crippen LogP contribution in [0.25, 0.3) is 0 Å². The molecule has 3 nitrogen and oxygen atoms in total. The molecule has 0 saturated carbocycles. The predicted octanol–water partition coefficient (Wildman–Crippen LogP) is 0.432. The van der Waals surface area contributed by atoms with Crippen LogP contribution in [0.2, 0.25) is 0 Å². The lowest BCUT2D eigenvalue weighted by Crippen LogP contribution is -2.38. The Kier molecular flexibility index (Phi) is 4.65. The third-order valence-electron chi connectivity index (χ3n) is 1.54. The van der Waals surface area contributed by atoms with Crippen molar-refractivity contribution in [1.29, 1.82) is 0 Å². The number of nitrogens with one attached hydrogen (secondary N) is 1. The first-order valence-electron chi connectivity index (χ1n) is 4.16. The Morgan fingerprint density at radius 3 is 2.45 bits per heavy atom. The summed E-state index contributed by atoms with van der Waals surface area (Å²) in [5.74, 6) is 0. The molecule has 0 aliphatic rings. The summed E-state index contributed by atoms with van der Waals surface area (Å²) in [5, 5.41) is 12.1. The normalized spacial score (nSPS) is 15.0. The topological polar surface area (TPSA) is 58.3 Å². The molecule has 0 spiro atoms. The van der Waals surface area contributed by atoms with Crippen molar-refractivity contribution < 1.29 is 5.11 Å². The van der Waals surface area contributed by atoms with Crippen LogP contribution >= 0.6 is 0 Å². The lowest BCUT2D eigenvalue weighted by atomic mass is 10.0. The number of hydrogen-bond acceptors (Lipinski definition) is 3. The number of aliphatic hydroxyl groups is 1. The molecule has 0 heterocycles. The summed E-state index contributed by atoms with van der Waals surface area (Å²) in [6.07, 6.45) is 1.24. The van der Waals surface area contributed by atoms with Crippen LogP contribution in [0.4, 0.5) is 0 Å². The van der Waals surface area contributed by atoms with E-state index in [4.69, 9.17) is 10.8 Å². The van der Waals surface area contributed by atoms with Gasteiger partial charge in [0.15, 0.2) is 0 Å². The Balaban J connectivity index is 3.28. The molecule has 0 aliphatic heterocycles. The van der Waals surface area contributed by atoms with Crippen LogP contribution < -0.4 is 11.1 Å². The van der Waals surface area contributed by atoms with E-state index in [1.807, 2.05) is 20.8 Å². The molecule has 4 N–H and O–H groups in total. The Morgan fingerprint density at radius 2 is 2.09 bits per heavy atom. The standard InChI is InChI=1S/C8H20N2O/c1-4-7(11)10-6-5-8(2,3)9/h7,10-11H,4-6,9H2,1-3H3. The first-order valence-corrected chi connectivity index (χ1v) is 4.16. The smallest absolute Gasteiger partial charge is 0.104 e. The van der Waals surface area contributed by atoms with Crippen LogP contribution in [0.15, 0.2) is 0 Å². The van der Waals surface area contributed by atoms with Gasteiger partial charge in [0.2, 0.25) is 0 Å². The summed E-state index contributed by atoms with van der Waals surface area (Å²) in [4.78, 5) is 0. The highest BCUT2D eigenvalue weighted by Crippen LogP contribution is 2.01. The molecule has 0 saturated heterocycles. The SMILES string of the molecule is CCC(O)NCCC(C)(C)N. The van der Waals surface area contributed by atoms with Gasteiger partial charge in [0, 0.05) is 5.54 Å². The first kappa shape index (κ1) is 10.9. The maximum absolute atomic E-state index is 9.10. The van der Waals surface area contributed by atoms with E-state index < -0.39 is 0 Å². The van der Waals surface area contributed by atoms with Crippen LogP contribution in [0.5, 0.6) is 0 Å². The van der Waals surface area contributed by atoms with Gasteiger partial charge >= 0.3 is 0 Å². The van der Waals surface area contributed by atoms with Gasteiger partial charge < -0.3 is 10.8 Å². The van der Waals surface area contributed by atoms with Gasteiger partial charge in [-0.25, -0.2) is 0 Å². The molecule has 1 unspecified atom stereocenters. The monoisotopic (exact) mass is 160 g/mol. The maximum atomic E-state index is 9.10. The molecule has 0 aromatic heterocycles. The van der Waals surface area contributed by atoms with Crippen LogP contribution in [0.1, 0.15) is 33.6 Å². The van der Waals surface area contributed by atoms with E-state index in [0.717, 1.165) is 19.4 Å². The van der Waals surface area contributed by atoms with Crippen molar-refractivity contribution >= 4 is 0 Å². The molecule has 11 heavy (non-hydrogen) atoms. The second kappa shape index (κ2) is 4.70. The maximum Gasteiger partial charge on any atom is 0.104 e. The van der Waals surface area contributed by atoms with Gasteiger partial charge in [-0.1, -0.05) is 6.92 Å². The molecule has 0 bridgehead atoms. The first-order chi connectivity index (χ1) is 4.95. The minimum absolute atomic E-state index is 0.138. The van der Waals surface area contributed by atoms with Crippen molar-refractivity contribution in [3.63, 3.8) is 0 Å². The molecule has 0 fully saturated rings. The van der Waals surface area contributed by atoms with Crippen LogP contribution in [-0.4, -0.2) is 23.4 Å². The second-order valence-corrected chi connectivity index (χ2v) is 3.62. The van der Waals surface area contributed by atoms with Crippen LogP contribution in [0.3, 0.4) is 0 Å². The van der Waals surface area contributed by atoms with E-state index in [2.05, 4.69) is 5.32 Å². The Morgan fingerprint density at radius 1 is 1.55 bits per heavy atom. The van der Waals surface area contributed by atoms with Gasteiger partial charge in [-0.05, 0) is 33.2 Å². The van der Waals surface area contributed by atoms with Crippen LogP contribution in [0, 0.1) is 0 Å². The fourth-order valence-corrected chi connectivity index (χ4v) is 0.705. The van der Waals surface area contributed by atoms with Crippen molar-refractivity contribution in [2.24, 2.45) is 5.73 Å².